The van der Waals surface area contributed by atoms with Crippen LogP contribution in [-0.4, -0.2) is 35.2 Å². The van der Waals surface area contributed by atoms with E-state index in [1.54, 1.807) is 0 Å². The van der Waals surface area contributed by atoms with Gasteiger partial charge in [0.15, 0.2) is 0 Å². The summed E-state index contributed by atoms with van der Waals surface area (Å²) in [6, 6.07) is 18.9. The molecule has 0 bridgehead atoms. The van der Waals surface area contributed by atoms with Crippen LogP contribution in [0.15, 0.2) is 60.7 Å². The minimum atomic E-state index is -0.887. The second kappa shape index (κ2) is 7.17. The van der Waals surface area contributed by atoms with Crippen LogP contribution in [0.2, 0.25) is 0 Å². The Bertz CT molecular complexity index is 702. The first-order chi connectivity index (χ1) is 11.6. The molecule has 0 spiro atoms. The van der Waals surface area contributed by atoms with Crippen LogP contribution in [0.25, 0.3) is 0 Å². The third-order valence-electron chi connectivity index (χ3n) is 4.33. The Morgan fingerprint density at radius 2 is 1.62 bits per heavy atom. The third kappa shape index (κ3) is 3.56. The molecule has 5 nitrogen and oxygen atoms in total. The van der Waals surface area contributed by atoms with Gasteiger partial charge in [-0.05, 0) is 11.1 Å². The minimum Gasteiger partial charge on any atom is -0.481 e. The average Bonchev–Trinajstić information content (AvgIpc) is 3.07. The Labute approximate surface area is 140 Å². The van der Waals surface area contributed by atoms with Crippen molar-refractivity contribution in [1.29, 1.82) is 0 Å². The summed E-state index contributed by atoms with van der Waals surface area (Å²) in [6.45, 7) is 0.709. The molecule has 1 saturated heterocycles. The number of carbonyl (C=O) groups is 2. The normalized spacial score (nSPS) is 19.9. The number of hydrogen-bond acceptors (Lipinski definition) is 3. The van der Waals surface area contributed by atoms with E-state index in [0.29, 0.717) is 6.54 Å². The van der Waals surface area contributed by atoms with Crippen LogP contribution in [-0.2, 0) is 16.1 Å². The van der Waals surface area contributed by atoms with E-state index in [1.165, 1.54) is 4.90 Å². The fraction of sp³-hybridized carbons (Fsp3) is 0.263. The molecular weight excluding hydrogens is 306 g/mol. The molecule has 0 saturated carbocycles. The van der Waals surface area contributed by atoms with Gasteiger partial charge in [-0.25, -0.2) is 4.79 Å². The van der Waals surface area contributed by atoms with Crippen LogP contribution < -0.4 is 0 Å². The van der Waals surface area contributed by atoms with Gasteiger partial charge < -0.3 is 14.7 Å². The molecule has 24 heavy (non-hydrogen) atoms. The van der Waals surface area contributed by atoms with Crippen molar-refractivity contribution in [2.45, 2.75) is 12.5 Å². The predicted octanol–water partition coefficient (Wildman–Crippen LogP) is 3.12. The molecule has 2 aromatic rings. The highest BCUT2D eigenvalue weighted by Gasteiger charge is 2.41. The molecule has 1 fully saturated rings. The van der Waals surface area contributed by atoms with Gasteiger partial charge in [0, 0.05) is 19.0 Å². The summed E-state index contributed by atoms with van der Waals surface area (Å²) in [5.74, 6) is -1.72. The van der Waals surface area contributed by atoms with Gasteiger partial charge in [0.1, 0.15) is 6.61 Å². The van der Waals surface area contributed by atoms with Crippen molar-refractivity contribution in [3.63, 3.8) is 0 Å². The topological polar surface area (TPSA) is 66.8 Å². The summed E-state index contributed by atoms with van der Waals surface area (Å²) in [6.07, 6.45) is -0.469. The molecule has 5 heteroatoms. The lowest BCUT2D eigenvalue weighted by atomic mass is 9.89. The number of rotatable bonds is 4. The van der Waals surface area contributed by atoms with E-state index in [0.717, 1.165) is 11.1 Å². The van der Waals surface area contributed by atoms with Crippen LogP contribution in [0, 0.1) is 5.92 Å². The molecule has 0 aliphatic carbocycles. The summed E-state index contributed by atoms with van der Waals surface area (Å²) in [5, 5.41) is 9.47. The average molecular weight is 325 g/mol. The second-order valence-electron chi connectivity index (χ2n) is 5.91. The van der Waals surface area contributed by atoms with Crippen molar-refractivity contribution in [2.24, 2.45) is 5.92 Å². The summed E-state index contributed by atoms with van der Waals surface area (Å²) >= 11 is 0. The monoisotopic (exact) mass is 325 g/mol. The number of aliphatic carboxylic acids is 1. The van der Waals surface area contributed by atoms with Crippen LogP contribution in [0.5, 0.6) is 0 Å². The predicted molar refractivity (Wildman–Crippen MR) is 88.5 cm³/mol. The summed E-state index contributed by atoms with van der Waals surface area (Å²) in [5.41, 5.74) is 1.84. The van der Waals surface area contributed by atoms with E-state index in [1.807, 2.05) is 60.7 Å². The molecule has 1 aliphatic rings. The molecular formula is C19H19NO4. The zero-order chi connectivity index (χ0) is 16.9. The van der Waals surface area contributed by atoms with Crippen LogP contribution in [0.4, 0.5) is 4.79 Å². The molecule has 0 unspecified atom stereocenters. The number of carboxylic acid groups (broad SMARTS) is 1. The van der Waals surface area contributed by atoms with Crippen LogP contribution in [0.3, 0.4) is 0 Å². The lowest BCUT2D eigenvalue weighted by Gasteiger charge is -2.16. The van der Waals surface area contributed by atoms with Crippen molar-refractivity contribution >= 4 is 12.1 Å². The van der Waals surface area contributed by atoms with E-state index in [9.17, 15) is 14.7 Å². The number of carbonyl (C=O) groups excluding carboxylic acids is 1. The molecule has 3 rings (SSSR count). The summed E-state index contributed by atoms with van der Waals surface area (Å²) in [4.78, 5) is 25.3. The number of carboxylic acids is 1. The van der Waals surface area contributed by atoms with Crippen molar-refractivity contribution in [3.05, 3.63) is 71.8 Å². The zero-order valence-electron chi connectivity index (χ0n) is 13.2. The first kappa shape index (κ1) is 16.1. The van der Waals surface area contributed by atoms with Gasteiger partial charge in [-0.15, -0.1) is 0 Å². The highest BCUT2D eigenvalue weighted by Crippen LogP contribution is 2.33. The maximum Gasteiger partial charge on any atom is 0.410 e. The van der Waals surface area contributed by atoms with Gasteiger partial charge >= 0.3 is 12.1 Å². The molecule has 124 valence electrons. The van der Waals surface area contributed by atoms with Crippen molar-refractivity contribution < 1.29 is 19.4 Å². The Kier molecular flexibility index (Phi) is 4.79. The Hall–Kier alpha value is -2.82. The number of ether oxygens (including phenoxy) is 1. The quantitative estimate of drug-likeness (QED) is 0.938. The number of amides is 1. The van der Waals surface area contributed by atoms with Gasteiger partial charge in [-0.3, -0.25) is 4.79 Å². The van der Waals surface area contributed by atoms with Gasteiger partial charge in [0.05, 0.1) is 5.92 Å². The first-order valence-corrected chi connectivity index (χ1v) is 7.88. The van der Waals surface area contributed by atoms with E-state index in [4.69, 9.17) is 4.74 Å². The van der Waals surface area contributed by atoms with E-state index in [-0.39, 0.29) is 19.1 Å². The zero-order valence-corrected chi connectivity index (χ0v) is 13.2. The van der Waals surface area contributed by atoms with Crippen LogP contribution >= 0.6 is 0 Å². The number of benzene rings is 2. The lowest BCUT2D eigenvalue weighted by Crippen LogP contribution is -2.30. The van der Waals surface area contributed by atoms with E-state index in [2.05, 4.69) is 0 Å². The molecule has 0 radical (unpaired) electrons. The highest BCUT2D eigenvalue weighted by molar-refractivity contribution is 5.75. The Morgan fingerprint density at radius 3 is 2.25 bits per heavy atom. The van der Waals surface area contributed by atoms with Gasteiger partial charge in [-0.2, -0.15) is 0 Å². The summed E-state index contributed by atoms with van der Waals surface area (Å²) < 4.78 is 5.32. The van der Waals surface area contributed by atoms with Crippen molar-refractivity contribution in [2.75, 3.05) is 13.1 Å². The first-order valence-electron chi connectivity index (χ1n) is 7.88. The smallest absolute Gasteiger partial charge is 0.410 e. The SMILES string of the molecule is O=C(O)[C@H]1CN(C(=O)OCc2ccccc2)C[C@@H]1c1ccccc1. The maximum atomic E-state index is 12.3. The molecule has 1 amide bonds. The second-order valence-corrected chi connectivity index (χ2v) is 5.91. The largest absolute Gasteiger partial charge is 0.481 e. The molecule has 1 heterocycles. The van der Waals surface area contributed by atoms with Gasteiger partial charge in [0.2, 0.25) is 0 Å². The molecule has 1 N–H and O–H groups in total. The van der Waals surface area contributed by atoms with Crippen molar-refractivity contribution in [1.82, 2.24) is 4.90 Å². The Morgan fingerprint density at radius 1 is 1.00 bits per heavy atom. The minimum absolute atomic E-state index is 0.169. The third-order valence-corrected chi connectivity index (χ3v) is 4.33. The van der Waals surface area contributed by atoms with Crippen LogP contribution in [0.1, 0.15) is 17.0 Å². The highest BCUT2D eigenvalue weighted by atomic mass is 16.6. The van der Waals surface area contributed by atoms with E-state index >= 15 is 0 Å². The van der Waals surface area contributed by atoms with E-state index < -0.39 is 18.0 Å². The Balaban J connectivity index is 1.66. The van der Waals surface area contributed by atoms with Crippen molar-refractivity contribution in [3.8, 4) is 0 Å². The molecule has 2 aromatic carbocycles. The number of nitrogens with zero attached hydrogens (tertiary/aromatic N) is 1. The van der Waals surface area contributed by atoms with Gasteiger partial charge in [-0.1, -0.05) is 60.7 Å². The fourth-order valence-corrected chi connectivity index (χ4v) is 3.05. The lowest BCUT2D eigenvalue weighted by molar-refractivity contribution is -0.141. The van der Waals surface area contributed by atoms with Gasteiger partial charge in [0.25, 0.3) is 0 Å². The summed E-state index contributed by atoms with van der Waals surface area (Å²) in [7, 11) is 0. The standard InChI is InChI=1S/C19H19NO4/c21-18(22)17-12-20(11-16(17)15-9-5-2-6-10-15)19(23)24-13-14-7-3-1-4-8-14/h1-10,16-17H,11-13H2,(H,21,22)/t16-,17+/m1/s1. The number of likely N-dealkylation sites (tertiary alicyclic amines) is 1. The fourth-order valence-electron chi connectivity index (χ4n) is 3.05. The molecule has 2 atom stereocenters. The molecule has 0 aromatic heterocycles. The number of hydrogen-bond donors (Lipinski definition) is 1. The maximum absolute atomic E-state index is 12.3. The molecule has 1 aliphatic heterocycles.